The second-order valence-corrected chi connectivity index (χ2v) is 2.06. The molecule has 0 aromatic carbocycles. The molecule has 0 saturated heterocycles. The second-order valence-electron chi connectivity index (χ2n) is 2.06. The van der Waals surface area contributed by atoms with Crippen LogP contribution in [0.2, 0.25) is 0 Å². The summed E-state index contributed by atoms with van der Waals surface area (Å²) in [5, 5.41) is 7.93. The van der Waals surface area contributed by atoms with E-state index in [-0.39, 0.29) is 6.42 Å². The molecule has 0 aromatic rings. The van der Waals surface area contributed by atoms with E-state index in [1.165, 1.54) is 6.08 Å². The second kappa shape index (κ2) is 1.80. The molecule has 0 N–H and O–H groups in total. The van der Waals surface area contributed by atoms with Crippen LogP contribution in [0, 0.1) is 17.2 Å². The summed E-state index contributed by atoms with van der Waals surface area (Å²) in [6.45, 7) is 0. The summed E-state index contributed by atoms with van der Waals surface area (Å²) >= 11 is 0. The quantitative estimate of drug-likeness (QED) is 0.494. The van der Waals surface area contributed by atoms with Gasteiger partial charge in [0.15, 0.2) is 0 Å². The zero-order valence-electron chi connectivity index (χ0n) is 4.64. The molecule has 0 aromatic heterocycles. The maximum absolute atomic E-state index is 12.0. The third-order valence-electron chi connectivity index (χ3n) is 1.28. The smallest absolute Gasteiger partial charge is 0.206 e. The van der Waals surface area contributed by atoms with Crippen molar-refractivity contribution < 1.29 is 8.78 Å². The third-order valence-corrected chi connectivity index (χ3v) is 1.28. The highest BCUT2D eigenvalue weighted by Crippen LogP contribution is 2.49. The summed E-state index contributed by atoms with van der Waals surface area (Å²) < 4.78 is 23.9. The Labute approximate surface area is 51.6 Å². The van der Waals surface area contributed by atoms with Crippen LogP contribution in [0.15, 0.2) is 12.2 Å². The fourth-order valence-corrected chi connectivity index (χ4v) is 0.602. The molecule has 0 aliphatic heterocycles. The van der Waals surface area contributed by atoms with Crippen molar-refractivity contribution in [1.82, 2.24) is 0 Å². The number of hydrogen-bond acceptors (Lipinski definition) is 1. The molecule has 1 nitrogen and oxygen atoms in total. The molecule has 9 heavy (non-hydrogen) atoms. The number of nitriles is 1. The topological polar surface area (TPSA) is 23.8 Å². The van der Waals surface area contributed by atoms with Gasteiger partial charge in [0.1, 0.15) is 0 Å². The summed E-state index contributed by atoms with van der Waals surface area (Å²) in [5.41, 5.74) is 0. The molecule has 3 heteroatoms. The Morgan fingerprint density at radius 1 is 1.67 bits per heavy atom. The lowest BCUT2D eigenvalue weighted by Crippen LogP contribution is -1.88. The zero-order chi connectivity index (χ0) is 6.91. The minimum Gasteiger partial charge on any atom is -0.206 e. The third kappa shape index (κ3) is 1.26. The minimum atomic E-state index is -2.52. The Hall–Kier alpha value is -0.910. The summed E-state index contributed by atoms with van der Waals surface area (Å²) in [4.78, 5) is 0. The van der Waals surface area contributed by atoms with Gasteiger partial charge < -0.3 is 0 Å². The van der Waals surface area contributed by atoms with Gasteiger partial charge in [-0.15, -0.1) is 0 Å². The fourth-order valence-electron chi connectivity index (χ4n) is 0.602. The van der Waals surface area contributed by atoms with E-state index < -0.39 is 11.8 Å². The summed E-state index contributed by atoms with van der Waals surface area (Å²) in [7, 11) is 0. The predicted octanol–water partition coefficient (Wildman–Crippen LogP) is 1.72. The van der Waals surface area contributed by atoms with Crippen molar-refractivity contribution >= 4 is 0 Å². The summed E-state index contributed by atoms with van der Waals surface area (Å²) in [6.07, 6.45) is 2.26. The first-order chi connectivity index (χ1) is 4.17. The van der Waals surface area contributed by atoms with Gasteiger partial charge in [-0.05, 0) is 0 Å². The predicted molar refractivity (Wildman–Crippen MR) is 27.8 cm³/mol. The molecule has 0 amide bonds. The lowest BCUT2D eigenvalue weighted by molar-refractivity contribution is 0.107. The van der Waals surface area contributed by atoms with Crippen molar-refractivity contribution in [1.29, 1.82) is 5.26 Å². The van der Waals surface area contributed by atoms with Gasteiger partial charge in [0, 0.05) is 18.4 Å². The van der Waals surface area contributed by atoms with E-state index >= 15 is 0 Å². The molecule has 48 valence electrons. The molecule has 0 heterocycles. The van der Waals surface area contributed by atoms with Crippen LogP contribution in [-0.2, 0) is 0 Å². The first-order valence-corrected chi connectivity index (χ1v) is 2.61. The average Bonchev–Trinajstić information content (AvgIpc) is 2.35. The van der Waals surface area contributed by atoms with Crippen molar-refractivity contribution in [2.45, 2.75) is 12.3 Å². The molecule has 0 bridgehead atoms. The van der Waals surface area contributed by atoms with Crippen molar-refractivity contribution in [3.63, 3.8) is 0 Å². The molecule has 1 unspecified atom stereocenters. The Morgan fingerprint density at radius 2 is 2.22 bits per heavy atom. The van der Waals surface area contributed by atoms with Gasteiger partial charge in [-0.1, -0.05) is 6.08 Å². The van der Waals surface area contributed by atoms with Gasteiger partial charge in [0.25, 0.3) is 5.92 Å². The molecule has 1 fully saturated rings. The summed E-state index contributed by atoms with van der Waals surface area (Å²) in [5.74, 6) is -3.19. The van der Waals surface area contributed by atoms with Gasteiger partial charge in [0.05, 0.1) is 6.07 Å². The van der Waals surface area contributed by atoms with Gasteiger partial charge in [0.2, 0.25) is 0 Å². The van der Waals surface area contributed by atoms with Crippen LogP contribution in [0.25, 0.3) is 0 Å². The molecule has 1 rings (SSSR count). The molecule has 1 atom stereocenters. The number of nitrogens with zero attached hydrogens (tertiary/aromatic N) is 1. The normalized spacial score (nSPS) is 30.1. The van der Waals surface area contributed by atoms with Gasteiger partial charge in [-0.2, -0.15) is 5.26 Å². The number of hydrogen-bond donors (Lipinski definition) is 0. The van der Waals surface area contributed by atoms with E-state index in [1.807, 2.05) is 0 Å². The first-order valence-electron chi connectivity index (χ1n) is 2.61. The fraction of sp³-hybridized carbons (Fsp3) is 0.500. The highest BCUT2D eigenvalue weighted by molar-refractivity contribution is 5.13. The van der Waals surface area contributed by atoms with E-state index in [2.05, 4.69) is 0 Å². The number of rotatable bonds is 1. The van der Waals surface area contributed by atoms with E-state index in [9.17, 15) is 8.78 Å². The van der Waals surface area contributed by atoms with Crippen molar-refractivity contribution in [3.8, 4) is 6.07 Å². The maximum atomic E-state index is 12.0. The largest absolute Gasteiger partial charge is 0.255 e. The van der Waals surface area contributed by atoms with E-state index in [4.69, 9.17) is 5.26 Å². The van der Waals surface area contributed by atoms with E-state index in [0.717, 1.165) is 6.08 Å². The van der Waals surface area contributed by atoms with Crippen molar-refractivity contribution in [3.05, 3.63) is 12.2 Å². The van der Waals surface area contributed by atoms with Crippen molar-refractivity contribution in [2.75, 3.05) is 0 Å². The molecule has 0 spiro atoms. The average molecular weight is 129 g/mol. The van der Waals surface area contributed by atoms with Crippen molar-refractivity contribution in [2.24, 2.45) is 5.92 Å². The van der Waals surface area contributed by atoms with Gasteiger partial charge in [-0.25, -0.2) is 8.78 Å². The van der Waals surface area contributed by atoms with Crippen LogP contribution in [0.1, 0.15) is 6.42 Å². The summed E-state index contributed by atoms with van der Waals surface area (Å²) in [6, 6.07) is 1.66. The van der Waals surface area contributed by atoms with Crippen LogP contribution < -0.4 is 0 Å². The molecular formula is C6H5F2N. The van der Waals surface area contributed by atoms with Gasteiger partial charge >= 0.3 is 0 Å². The highest BCUT2D eigenvalue weighted by atomic mass is 19.3. The standard InChI is InChI=1S/C6H5F2N/c7-6(8)4-5(6)2-1-3-9/h1-2,5H,4H2. The monoisotopic (exact) mass is 129 g/mol. The van der Waals surface area contributed by atoms with Gasteiger partial charge in [-0.3, -0.25) is 0 Å². The Kier molecular flexibility index (Phi) is 1.24. The van der Waals surface area contributed by atoms with Crippen LogP contribution in [0.3, 0.4) is 0 Å². The van der Waals surface area contributed by atoms with E-state index in [0.29, 0.717) is 0 Å². The molecular weight excluding hydrogens is 124 g/mol. The zero-order valence-corrected chi connectivity index (χ0v) is 4.64. The highest BCUT2D eigenvalue weighted by Gasteiger charge is 2.55. The maximum Gasteiger partial charge on any atom is 0.255 e. The Balaban J connectivity index is 2.38. The Morgan fingerprint density at radius 3 is 2.56 bits per heavy atom. The SMILES string of the molecule is N#CC=CC1CC1(F)F. The van der Waals surface area contributed by atoms with Crippen LogP contribution >= 0.6 is 0 Å². The van der Waals surface area contributed by atoms with Crippen LogP contribution in [0.5, 0.6) is 0 Å². The number of alkyl halides is 2. The lowest BCUT2D eigenvalue weighted by Gasteiger charge is -1.84. The van der Waals surface area contributed by atoms with E-state index in [1.54, 1.807) is 6.07 Å². The minimum absolute atomic E-state index is 0.0921. The lowest BCUT2D eigenvalue weighted by atomic mass is 10.4. The molecule has 1 aliphatic carbocycles. The number of allylic oxidation sites excluding steroid dienone is 2. The molecule has 1 saturated carbocycles. The molecule has 1 aliphatic rings. The van der Waals surface area contributed by atoms with Crippen LogP contribution in [-0.4, -0.2) is 5.92 Å². The van der Waals surface area contributed by atoms with Crippen LogP contribution in [0.4, 0.5) is 8.78 Å². The molecule has 0 radical (unpaired) electrons. The first kappa shape index (κ1) is 6.21. The number of halogens is 2. The Bertz CT molecular complexity index is 178.